The van der Waals surface area contributed by atoms with Crippen molar-refractivity contribution in [3.05, 3.63) is 83.3 Å². The van der Waals surface area contributed by atoms with Crippen LogP contribution in [-0.2, 0) is 12.8 Å². The second kappa shape index (κ2) is 8.38. The van der Waals surface area contributed by atoms with Gasteiger partial charge in [0.2, 0.25) is 0 Å². The van der Waals surface area contributed by atoms with Crippen molar-refractivity contribution in [1.29, 1.82) is 0 Å². The molecule has 0 aliphatic heterocycles. The van der Waals surface area contributed by atoms with E-state index in [-0.39, 0.29) is 11.7 Å². The quantitative estimate of drug-likeness (QED) is 0.459. The summed E-state index contributed by atoms with van der Waals surface area (Å²) in [5, 5.41) is 13.7. The van der Waals surface area contributed by atoms with Gasteiger partial charge in [0.25, 0.3) is 0 Å². The number of benzene rings is 2. The molecule has 2 aromatic heterocycles. The summed E-state index contributed by atoms with van der Waals surface area (Å²) < 4.78 is 7.41. The van der Waals surface area contributed by atoms with Crippen LogP contribution in [0.25, 0.3) is 22.9 Å². The minimum Gasteiger partial charge on any atom is -0.496 e. The Kier molecular flexibility index (Phi) is 5.27. The maximum Gasteiger partial charge on any atom is 0.185 e. The van der Waals surface area contributed by atoms with Gasteiger partial charge in [0.15, 0.2) is 17.1 Å². The first-order chi connectivity index (χ1) is 15.7. The number of allylic oxidation sites excluding steroid dienone is 1. The second-order valence-corrected chi connectivity index (χ2v) is 7.97. The average Bonchev–Trinajstić information content (AvgIpc) is 3.22. The van der Waals surface area contributed by atoms with Crippen molar-refractivity contribution < 1.29 is 9.53 Å². The van der Waals surface area contributed by atoms with Crippen LogP contribution in [0.3, 0.4) is 0 Å². The van der Waals surface area contributed by atoms with E-state index in [1.165, 1.54) is 0 Å². The molecule has 5 rings (SSSR count). The maximum absolute atomic E-state index is 12.9. The standard InChI is InChI=1S/C26H24N4O2/c1-3-20-24(19-11-7-8-12-23(19)32-2)26-28-27-25-21(30(26)29-20)15-18(16-22(25)31)14-13-17-9-5-4-6-10-17/h4-14,18H,3,15-16H2,1-2H3/b14-13+/t18-/m1/s1. The molecule has 0 saturated carbocycles. The SMILES string of the molecule is CCc1nn2c3c(nnc2c1-c1ccccc1OC)C(=O)C[C@H](/C=C/c1ccccc1)C3. The first kappa shape index (κ1) is 20.1. The third-order valence-electron chi connectivity index (χ3n) is 5.95. The maximum atomic E-state index is 12.9. The average molecular weight is 425 g/mol. The van der Waals surface area contributed by atoms with Crippen molar-refractivity contribution >= 4 is 17.5 Å². The van der Waals surface area contributed by atoms with Crippen molar-refractivity contribution in [2.75, 3.05) is 7.11 Å². The number of aryl methyl sites for hydroxylation is 1. The van der Waals surface area contributed by atoms with Gasteiger partial charge in [0, 0.05) is 12.0 Å². The summed E-state index contributed by atoms with van der Waals surface area (Å²) in [4.78, 5) is 12.9. The molecule has 6 heteroatoms. The Labute approximate surface area is 186 Å². The van der Waals surface area contributed by atoms with Crippen LogP contribution in [0, 0.1) is 5.92 Å². The van der Waals surface area contributed by atoms with E-state index in [1.54, 1.807) is 7.11 Å². The first-order valence-corrected chi connectivity index (χ1v) is 10.9. The molecule has 0 radical (unpaired) electrons. The largest absolute Gasteiger partial charge is 0.496 e. The highest BCUT2D eigenvalue weighted by atomic mass is 16.5. The number of para-hydroxylation sites is 1. The highest BCUT2D eigenvalue weighted by Crippen LogP contribution is 2.36. The molecule has 0 N–H and O–H groups in total. The lowest BCUT2D eigenvalue weighted by Gasteiger charge is -2.20. The summed E-state index contributed by atoms with van der Waals surface area (Å²) in [5.74, 6) is 0.860. The molecule has 4 aromatic rings. The minimum absolute atomic E-state index is 0.00996. The van der Waals surface area contributed by atoms with E-state index in [4.69, 9.17) is 9.84 Å². The lowest BCUT2D eigenvalue weighted by atomic mass is 9.88. The van der Waals surface area contributed by atoms with Gasteiger partial charge in [-0.3, -0.25) is 4.79 Å². The van der Waals surface area contributed by atoms with Crippen molar-refractivity contribution in [2.45, 2.75) is 26.2 Å². The molecule has 32 heavy (non-hydrogen) atoms. The fourth-order valence-electron chi connectivity index (χ4n) is 4.37. The molecule has 0 saturated heterocycles. The number of rotatable bonds is 5. The molecule has 2 heterocycles. The molecule has 0 amide bonds. The number of hydrogen-bond acceptors (Lipinski definition) is 5. The number of methoxy groups -OCH3 is 1. The molecule has 0 spiro atoms. The van der Waals surface area contributed by atoms with E-state index in [0.29, 0.717) is 24.2 Å². The Morgan fingerprint density at radius 2 is 1.84 bits per heavy atom. The number of fused-ring (bicyclic) bond motifs is 3. The Morgan fingerprint density at radius 1 is 1.06 bits per heavy atom. The summed E-state index contributed by atoms with van der Waals surface area (Å²) in [7, 11) is 1.66. The molecule has 0 unspecified atom stereocenters. The van der Waals surface area contributed by atoms with Gasteiger partial charge in [-0.2, -0.15) is 5.10 Å². The predicted molar refractivity (Wildman–Crippen MR) is 124 cm³/mol. The van der Waals surface area contributed by atoms with Gasteiger partial charge in [-0.05, 0) is 30.4 Å². The number of Topliss-reactive ketones (excluding diaryl/α,β-unsaturated/α-hetero) is 1. The normalized spacial score (nSPS) is 15.9. The Hall–Kier alpha value is -3.80. The van der Waals surface area contributed by atoms with E-state index in [1.807, 2.05) is 47.0 Å². The first-order valence-electron chi connectivity index (χ1n) is 10.9. The third kappa shape index (κ3) is 3.47. The van der Waals surface area contributed by atoms with Gasteiger partial charge in [0.05, 0.1) is 24.1 Å². The Morgan fingerprint density at radius 3 is 2.62 bits per heavy atom. The summed E-state index contributed by atoms with van der Waals surface area (Å²) in [6, 6.07) is 18.0. The topological polar surface area (TPSA) is 69.4 Å². The number of ether oxygens (including phenoxy) is 1. The van der Waals surface area contributed by atoms with Crippen molar-refractivity contribution in [2.24, 2.45) is 5.92 Å². The smallest absolute Gasteiger partial charge is 0.185 e. The zero-order valence-electron chi connectivity index (χ0n) is 18.2. The molecule has 160 valence electrons. The fourth-order valence-corrected chi connectivity index (χ4v) is 4.37. The van der Waals surface area contributed by atoms with Crippen LogP contribution < -0.4 is 4.74 Å². The highest BCUT2D eigenvalue weighted by Gasteiger charge is 2.30. The number of ketones is 1. The minimum atomic E-state index is 0.00996. The van der Waals surface area contributed by atoms with Crippen LogP contribution >= 0.6 is 0 Å². The van der Waals surface area contributed by atoms with Crippen LogP contribution in [0.5, 0.6) is 5.75 Å². The molecule has 1 aliphatic carbocycles. The Bertz CT molecular complexity index is 1320. The number of nitrogens with zero attached hydrogens (tertiary/aromatic N) is 4. The van der Waals surface area contributed by atoms with Gasteiger partial charge in [-0.25, -0.2) is 4.52 Å². The van der Waals surface area contributed by atoms with Gasteiger partial charge in [-0.1, -0.05) is 67.6 Å². The summed E-state index contributed by atoms with van der Waals surface area (Å²) in [6.45, 7) is 2.07. The third-order valence-corrected chi connectivity index (χ3v) is 5.95. The van der Waals surface area contributed by atoms with Crippen molar-refractivity contribution in [3.8, 4) is 16.9 Å². The number of aromatic nitrogens is 4. The summed E-state index contributed by atoms with van der Waals surface area (Å²) >= 11 is 0. The van der Waals surface area contributed by atoms with Crippen LogP contribution in [0.4, 0.5) is 0 Å². The number of carbonyl (C=O) groups is 1. The molecule has 2 aromatic carbocycles. The van der Waals surface area contributed by atoms with Gasteiger partial charge < -0.3 is 4.74 Å². The van der Waals surface area contributed by atoms with Crippen LogP contribution in [0.15, 0.2) is 60.7 Å². The van der Waals surface area contributed by atoms with Gasteiger partial charge in [0.1, 0.15) is 5.75 Å². The van der Waals surface area contributed by atoms with E-state index in [2.05, 4.69) is 41.4 Å². The highest BCUT2D eigenvalue weighted by molar-refractivity contribution is 5.97. The lowest BCUT2D eigenvalue weighted by Crippen LogP contribution is -2.24. The monoisotopic (exact) mass is 424 g/mol. The zero-order valence-corrected chi connectivity index (χ0v) is 18.2. The molecular formula is C26H24N4O2. The van der Waals surface area contributed by atoms with Crippen LogP contribution in [0.2, 0.25) is 0 Å². The van der Waals surface area contributed by atoms with Crippen molar-refractivity contribution in [3.63, 3.8) is 0 Å². The van der Waals surface area contributed by atoms with Crippen LogP contribution in [-0.4, -0.2) is 32.7 Å². The predicted octanol–water partition coefficient (Wildman–Crippen LogP) is 4.82. The summed E-state index contributed by atoms with van der Waals surface area (Å²) in [6.07, 6.45) is 6.05. The van der Waals surface area contributed by atoms with Crippen molar-refractivity contribution in [1.82, 2.24) is 19.8 Å². The van der Waals surface area contributed by atoms with E-state index >= 15 is 0 Å². The zero-order chi connectivity index (χ0) is 22.1. The Balaban J connectivity index is 1.61. The summed E-state index contributed by atoms with van der Waals surface area (Å²) in [5.41, 5.74) is 5.78. The molecule has 1 atom stereocenters. The molecule has 1 aliphatic rings. The number of hydrogen-bond donors (Lipinski definition) is 0. The van der Waals surface area contributed by atoms with E-state index < -0.39 is 0 Å². The number of carbonyl (C=O) groups excluding carboxylic acids is 1. The van der Waals surface area contributed by atoms with Gasteiger partial charge in [-0.15, -0.1) is 10.2 Å². The van der Waals surface area contributed by atoms with E-state index in [9.17, 15) is 4.79 Å². The molecular weight excluding hydrogens is 400 g/mol. The molecule has 0 fully saturated rings. The molecule has 0 bridgehead atoms. The molecule has 6 nitrogen and oxygen atoms in total. The second-order valence-electron chi connectivity index (χ2n) is 7.97. The van der Waals surface area contributed by atoms with Crippen LogP contribution in [0.1, 0.15) is 40.8 Å². The fraction of sp³-hybridized carbons (Fsp3) is 0.231. The lowest BCUT2D eigenvalue weighted by molar-refractivity contribution is 0.0950. The van der Waals surface area contributed by atoms with Gasteiger partial charge >= 0.3 is 0 Å². The van der Waals surface area contributed by atoms with E-state index in [0.717, 1.165) is 40.2 Å².